The number of hydrogen-bond donors (Lipinski definition) is 1. The zero-order chi connectivity index (χ0) is 20.9. The lowest BCUT2D eigenvalue weighted by Crippen LogP contribution is -2.25. The van der Waals surface area contributed by atoms with Gasteiger partial charge in [0.2, 0.25) is 11.8 Å². The van der Waals surface area contributed by atoms with Crippen molar-refractivity contribution in [3.63, 3.8) is 0 Å². The minimum Gasteiger partial charge on any atom is -0.370 e. The molecular weight excluding hydrogens is 383 g/mol. The van der Waals surface area contributed by atoms with Crippen LogP contribution in [0.1, 0.15) is 37.7 Å². The molecule has 0 aromatic heterocycles. The van der Waals surface area contributed by atoms with Crippen LogP contribution in [-0.4, -0.2) is 42.2 Å². The standard InChI is InChI=1S/C23H25FN4O2/c24-18-9-6-10-20(27-14-4-5-15-27)23(18)25-21(29)11-12-22(30)28-16-13-19(26-28)17-7-2-1-3-8-17/h1-3,6-10H,4-5,11-16H2,(H,25,29). The third-order valence-electron chi connectivity index (χ3n) is 5.47. The van der Waals surface area contributed by atoms with Gasteiger partial charge in [-0.15, -0.1) is 0 Å². The van der Waals surface area contributed by atoms with Crippen molar-refractivity contribution in [2.45, 2.75) is 32.1 Å². The third kappa shape index (κ3) is 4.50. The number of amides is 2. The van der Waals surface area contributed by atoms with Gasteiger partial charge >= 0.3 is 0 Å². The van der Waals surface area contributed by atoms with E-state index in [1.807, 2.05) is 36.4 Å². The Labute approximate surface area is 175 Å². The van der Waals surface area contributed by atoms with Crippen molar-refractivity contribution in [2.75, 3.05) is 29.9 Å². The van der Waals surface area contributed by atoms with E-state index in [0.29, 0.717) is 18.7 Å². The fourth-order valence-electron chi connectivity index (χ4n) is 3.88. The maximum absolute atomic E-state index is 14.4. The summed E-state index contributed by atoms with van der Waals surface area (Å²) < 4.78 is 14.4. The zero-order valence-electron chi connectivity index (χ0n) is 16.8. The van der Waals surface area contributed by atoms with Crippen molar-refractivity contribution in [3.8, 4) is 0 Å². The summed E-state index contributed by atoms with van der Waals surface area (Å²) in [5, 5.41) is 8.50. The second-order valence-corrected chi connectivity index (χ2v) is 7.56. The van der Waals surface area contributed by atoms with Gasteiger partial charge in [0.25, 0.3) is 0 Å². The summed E-state index contributed by atoms with van der Waals surface area (Å²) in [6.45, 7) is 2.21. The van der Waals surface area contributed by atoms with Crippen LogP contribution in [0.5, 0.6) is 0 Å². The zero-order valence-corrected chi connectivity index (χ0v) is 16.8. The van der Waals surface area contributed by atoms with Crippen LogP contribution < -0.4 is 10.2 Å². The molecule has 156 valence electrons. The molecule has 2 aliphatic heterocycles. The number of rotatable bonds is 6. The lowest BCUT2D eigenvalue weighted by Gasteiger charge is -2.22. The van der Waals surface area contributed by atoms with E-state index in [1.54, 1.807) is 6.07 Å². The van der Waals surface area contributed by atoms with E-state index in [1.165, 1.54) is 11.1 Å². The highest BCUT2D eigenvalue weighted by molar-refractivity contribution is 6.03. The van der Waals surface area contributed by atoms with E-state index < -0.39 is 5.82 Å². The molecule has 2 aromatic carbocycles. The van der Waals surface area contributed by atoms with Crippen LogP contribution in [0, 0.1) is 5.82 Å². The monoisotopic (exact) mass is 408 g/mol. The molecule has 30 heavy (non-hydrogen) atoms. The van der Waals surface area contributed by atoms with Gasteiger partial charge in [-0.3, -0.25) is 9.59 Å². The molecule has 1 N–H and O–H groups in total. The van der Waals surface area contributed by atoms with Crippen LogP contribution in [0.15, 0.2) is 53.6 Å². The van der Waals surface area contributed by atoms with Crippen molar-refractivity contribution < 1.29 is 14.0 Å². The summed E-state index contributed by atoms with van der Waals surface area (Å²) in [6, 6.07) is 14.5. The van der Waals surface area contributed by atoms with E-state index in [-0.39, 0.29) is 30.3 Å². The quantitative estimate of drug-likeness (QED) is 0.791. The van der Waals surface area contributed by atoms with Gasteiger partial charge in [0.05, 0.1) is 17.9 Å². The van der Waals surface area contributed by atoms with E-state index in [0.717, 1.165) is 37.2 Å². The van der Waals surface area contributed by atoms with Crippen molar-refractivity contribution >= 4 is 28.9 Å². The van der Waals surface area contributed by atoms with Gasteiger partial charge in [-0.2, -0.15) is 5.10 Å². The molecule has 0 aliphatic carbocycles. The number of nitrogens with one attached hydrogen (secondary N) is 1. The van der Waals surface area contributed by atoms with Crippen LogP contribution in [0.4, 0.5) is 15.8 Å². The summed E-state index contributed by atoms with van der Waals surface area (Å²) in [6.07, 6.45) is 2.82. The number of anilines is 2. The highest BCUT2D eigenvalue weighted by Gasteiger charge is 2.23. The second-order valence-electron chi connectivity index (χ2n) is 7.56. The van der Waals surface area contributed by atoms with Crippen LogP contribution in [-0.2, 0) is 9.59 Å². The van der Waals surface area contributed by atoms with Gasteiger partial charge in [0.1, 0.15) is 11.5 Å². The Bertz CT molecular complexity index is 955. The Hall–Kier alpha value is -3.22. The fraction of sp³-hybridized carbons (Fsp3) is 0.348. The molecule has 0 bridgehead atoms. The molecule has 1 saturated heterocycles. The molecule has 2 aromatic rings. The molecule has 1 fully saturated rings. The first-order chi connectivity index (χ1) is 14.6. The van der Waals surface area contributed by atoms with E-state index in [4.69, 9.17) is 0 Å². The number of benzene rings is 2. The minimum absolute atomic E-state index is 0.0146. The molecule has 2 heterocycles. The summed E-state index contributed by atoms with van der Waals surface area (Å²) in [5.41, 5.74) is 2.76. The lowest BCUT2D eigenvalue weighted by atomic mass is 10.1. The summed E-state index contributed by atoms with van der Waals surface area (Å²) >= 11 is 0. The minimum atomic E-state index is -0.462. The maximum Gasteiger partial charge on any atom is 0.243 e. The largest absolute Gasteiger partial charge is 0.370 e. The highest BCUT2D eigenvalue weighted by Crippen LogP contribution is 2.31. The number of hydrazone groups is 1. The Morgan fingerprint density at radius 2 is 1.73 bits per heavy atom. The second kappa shape index (κ2) is 9.07. The number of carbonyl (C=O) groups is 2. The molecule has 4 rings (SSSR count). The molecule has 2 aliphatic rings. The average Bonchev–Trinajstić information content (AvgIpc) is 3.46. The van der Waals surface area contributed by atoms with Crippen LogP contribution in [0.25, 0.3) is 0 Å². The molecule has 6 nitrogen and oxygen atoms in total. The Morgan fingerprint density at radius 1 is 0.967 bits per heavy atom. The van der Waals surface area contributed by atoms with Gasteiger partial charge in [-0.1, -0.05) is 36.4 Å². The molecule has 0 radical (unpaired) electrons. The highest BCUT2D eigenvalue weighted by atomic mass is 19.1. The van der Waals surface area contributed by atoms with Crippen LogP contribution >= 0.6 is 0 Å². The lowest BCUT2D eigenvalue weighted by molar-refractivity contribution is -0.132. The molecular formula is C23H25FN4O2. The Morgan fingerprint density at radius 3 is 2.50 bits per heavy atom. The van der Waals surface area contributed by atoms with E-state index in [9.17, 15) is 14.0 Å². The van der Waals surface area contributed by atoms with Crippen molar-refractivity contribution in [3.05, 3.63) is 59.9 Å². The first kappa shape index (κ1) is 20.1. The molecule has 0 spiro atoms. The molecule has 2 amide bonds. The van der Waals surface area contributed by atoms with Gasteiger partial charge in [-0.25, -0.2) is 9.40 Å². The number of hydrogen-bond acceptors (Lipinski definition) is 4. The summed E-state index contributed by atoms with van der Waals surface area (Å²) in [5.74, 6) is -1.04. The van der Waals surface area contributed by atoms with Crippen molar-refractivity contribution in [1.29, 1.82) is 0 Å². The third-order valence-corrected chi connectivity index (χ3v) is 5.47. The molecule has 7 heteroatoms. The first-order valence-corrected chi connectivity index (χ1v) is 10.4. The number of para-hydroxylation sites is 1. The predicted molar refractivity (Wildman–Crippen MR) is 115 cm³/mol. The number of carbonyl (C=O) groups excluding carboxylic acids is 2. The van der Waals surface area contributed by atoms with Gasteiger partial charge < -0.3 is 10.2 Å². The molecule has 0 unspecified atom stereocenters. The Kier molecular flexibility index (Phi) is 6.07. The van der Waals surface area contributed by atoms with Gasteiger partial charge in [0, 0.05) is 32.4 Å². The Balaban J connectivity index is 1.35. The first-order valence-electron chi connectivity index (χ1n) is 10.4. The fourth-order valence-corrected chi connectivity index (χ4v) is 3.88. The van der Waals surface area contributed by atoms with Gasteiger partial charge in [0.15, 0.2) is 0 Å². The predicted octanol–water partition coefficient (Wildman–Crippen LogP) is 3.78. The topological polar surface area (TPSA) is 65.0 Å². The van der Waals surface area contributed by atoms with Crippen molar-refractivity contribution in [2.24, 2.45) is 5.10 Å². The van der Waals surface area contributed by atoms with Crippen LogP contribution in [0.3, 0.4) is 0 Å². The van der Waals surface area contributed by atoms with E-state index in [2.05, 4.69) is 15.3 Å². The summed E-state index contributed by atoms with van der Waals surface area (Å²) in [4.78, 5) is 27.0. The number of nitrogens with zero attached hydrogens (tertiary/aromatic N) is 3. The number of halogens is 1. The average molecular weight is 408 g/mol. The van der Waals surface area contributed by atoms with E-state index >= 15 is 0 Å². The summed E-state index contributed by atoms with van der Waals surface area (Å²) in [7, 11) is 0. The van der Waals surface area contributed by atoms with Crippen LogP contribution in [0.2, 0.25) is 0 Å². The molecule has 0 saturated carbocycles. The van der Waals surface area contributed by atoms with Gasteiger partial charge in [-0.05, 0) is 30.5 Å². The SMILES string of the molecule is O=C(CCC(=O)N1CCC(c2ccccc2)=N1)Nc1c(F)cccc1N1CCCC1. The molecule has 0 atom stereocenters. The normalized spacial score (nSPS) is 16.0. The smallest absolute Gasteiger partial charge is 0.243 e. The van der Waals surface area contributed by atoms with Crippen molar-refractivity contribution in [1.82, 2.24) is 5.01 Å². The maximum atomic E-state index is 14.4.